The summed E-state index contributed by atoms with van der Waals surface area (Å²) in [4.78, 5) is 18.8. The smallest absolute Gasteiger partial charge is 0.251 e. The Kier molecular flexibility index (Phi) is 7.01. The summed E-state index contributed by atoms with van der Waals surface area (Å²) in [6.07, 6.45) is 0.815. The molecule has 2 N–H and O–H groups in total. The second kappa shape index (κ2) is 8.53. The number of likely N-dealkylation sites (N-methyl/N-ethyl adjacent to an activating group) is 1. The van der Waals surface area contributed by atoms with E-state index in [1.54, 1.807) is 6.07 Å². The fourth-order valence-electron chi connectivity index (χ4n) is 2.00. The molecule has 20 heavy (non-hydrogen) atoms. The van der Waals surface area contributed by atoms with E-state index in [1.165, 1.54) is 0 Å². The number of hydrogen-bond donors (Lipinski definition) is 2. The van der Waals surface area contributed by atoms with E-state index in [0.717, 1.165) is 37.6 Å². The van der Waals surface area contributed by atoms with Gasteiger partial charge in [-0.1, -0.05) is 20.8 Å². The van der Waals surface area contributed by atoms with Crippen LogP contribution in [0.5, 0.6) is 0 Å². The number of amides is 1. The van der Waals surface area contributed by atoms with E-state index in [2.05, 4.69) is 34.4 Å². The van der Waals surface area contributed by atoms with Crippen molar-refractivity contribution in [2.24, 2.45) is 0 Å². The van der Waals surface area contributed by atoms with Crippen molar-refractivity contribution in [3.05, 3.63) is 23.4 Å². The summed E-state index contributed by atoms with van der Waals surface area (Å²) in [5.74, 6) is 0.698. The molecule has 1 heterocycles. The molecule has 0 aromatic carbocycles. The standard InChI is InChI=1S/C15H26N4O/c1-5-13-10-12(11-14(16-4)18-13)15(20)17-8-9-19(6-2)7-3/h10-11H,5-9H2,1-4H3,(H,16,18)(H,17,20). The fraction of sp³-hybridized carbons (Fsp3) is 0.600. The lowest BCUT2D eigenvalue weighted by molar-refractivity contribution is 0.0948. The highest BCUT2D eigenvalue weighted by Gasteiger charge is 2.09. The Hall–Kier alpha value is -1.62. The predicted octanol–water partition coefficient (Wildman–Crippen LogP) is 1.76. The van der Waals surface area contributed by atoms with E-state index in [0.29, 0.717) is 12.1 Å². The van der Waals surface area contributed by atoms with Crippen LogP contribution in [0.4, 0.5) is 5.82 Å². The summed E-state index contributed by atoms with van der Waals surface area (Å²) < 4.78 is 0. The number of carbonyl (C=O) groups excluding carboxylic acids is 1. The van der Waals surface area contributed by atoms with Crippen molar-refractivity contribution in [1.82, 2.24) is 15.2 Å². The molecule has 0 atom stereocenters. The van der Waals surface area contributed by atoms with Crippen LogP contribution >= 0.6 is 0 Å². The first-order chi connectivity index (χ1) is 9.64. The van der Waals surface area contributed by atoms with Gasteiger partial charge in [0, 0.05) is 31.4 Å². The Morgan fingerprint density at radius 3 is 2.50 bits per heavy atom. The van der Waals surface area contributed by atoms with Crippen LogP contribution in [0.3, 0.4) is 0 Å². The highest BCUT2D eigenvalue weighted by molar-refractivity contribution is 5.95. The molecule has 5 nitrogen and oxygen atoms in total. The molecule has 0 unspecified atom stereocenters. The van der Waals surface area contributed by atoms with E-state index < -0.39 is 0 Å². The Morgan fingerprint density at radius 1 is 1.25 bits per heavy atom. The van der Waals surface area contributed by atoms with Gasteiger partial charge >= 0.3 is 0 Å². The van der Waals surface area contributed by atoms with Crippen molar-refractivity contribution in [2.45, 2.75) is 27.2 Å². The number of nitrogens with zero attached hydrogens (tertiary/aromatic N) is 2. The number of aromatic nitrogens is 1. The van der Waals surface area contributed by atoms with Gasteiger partial charge < -0.3 is 15.5 Å². The van der Waals surface area contributed by atoms with Gasteiger partial charge in [-0.05, 0) is 31.6 Å². The van der Waals surface area contributed by atoms with Crippen molar-refractivity contribution in [3.8, 4) is 0 Å². The minimum Gasteiger partial charge on any atom is -0.373 e. The lowest BCUT2D eigenvalue weighted by atomic mass is 10.2. The van der Waals surface area contributed by atoms with E-state index >= 15 is 0 Å². The molecule has 0 aliphatic rings. The normalized spacial score (nSPS) is 10.7. The first kappa shape index (κ1) is 16.4. The second-order valence-corrected chi connectivity index (χ2v) is 4.62. The van der Waals surface area contributed by atoms with Crippen molar-refractivity contribution in [2.75, 3.05) is 38.5 Å². The molecule has 0 radical (unpaired) electrons. The van der Waals surface area contributed by atoms with E-state index in [9.17, 15) is 4.79 Å². The molecule has 0 spiro atoms. The predicted molar refractivity (Wildman–Crippen MR) is 83.3 cm³/mol. The van der Waals surface area contributed by atoms with Gasteiger partial charge in [0.25, 0.3) is 5.91 Å². The first-order valence-corrected chi connectivity index (χ1v) is 7.33. The summed E-state index contributed by atoms with van der Waals surface area (Å²) in [5, 5.41) is 5.95. The number of hydrogen-bond acceptors (Lipinski definition) is 4. The Labute approximate surface area is 121 Å². The average molecular weight is 278 g/mol. The third kappa shape index (κ3) is 4.81. The monoisotopic (exact) mass is 278 g/mol. The zero-order chi connectivity index (χ0) is 15.0. The quantitative estimate of drug-likeness (QED) is 0.761. The molecule has 0 saturated carbocycles. The molecule has 1 aromatic rings. The number of nitrogens with one attached hydrogen (secondary N) is 2. The Balaban J connectivity index is 2.63. The topological polar surface area (TPSA) is 57.3 Å². The van der Waals surface area contributed by atoms with E-state index in [1.807, 2.05) is 20.0 Å². The van der Waals surface area contributed by atoms with Crippen molar-refractivity contribution in [3.63, 3.8) is 0 Å². The summed E-state index contributed by atoms with van der Waals surface area (Å²) >= 11 is 0. The van der Waals surface area contributed by atoms with Crippen LogP contribution in [-0.2, 0) is 6.42 Å². The zero-order valence-corrected chi connectivity index (χ0v) is 13.0. The van der Waals surface area contributed by atoms with Gasteiger partial charge in [0.05, 0.1) is 0 Å². The van der Waals surface area contributed by atoms with E-state index in [4.69, 9.17) is 0 Å². The molecule has 0 aliphatic carbocycles. The minimum absolute atomic E-state index is 0.0363. The molecule has 112 valence electrons. The molecular formula is C15H26N4O. The molecule has 1 aromatic heterocycles. The third-order valence-corrected chi connectivity index (χ3v) is 3.37. The van der Waals surface area contributed by atoms with Crippen LogP contribution in [0.25, 0.3) is 0 Å². The summed E-state index contributed by atoms with van der Waals surface area (Å²) in [6, 6.07) is 3.64. The lowest BCUT2D eigenvalue weighted by Crippen LogP contribution is -2.34. The molecular weight excluding hydrogens is 252 g/mol. The average Bonchev–Trinajstić information content (AvgIpc) is 2.50. The summed E-state index contributed by atoms with van der Waals surface area (Å²) in [5.41, 5.74) is 1.59. The number of pyridine rings is 1. The van der Waals surface area contributed by atoms with Gasteiger partial charge in [0.1, 0.15) is 5.82 Å². The number of carbonyl (C=O) groups is 1. The molecule has 0 fully saturated rings. The van der Waals surface area contributed by atoms with Crippen LogP contribution < -0.4 is 10.6 Å². The first-order valence-electron chi connectivity index (χ1n) is 7.33. The number of rotatable bonds is 8. The fourth-order valence-corrected chi connectivity index (χ4v) is 2.00. The Morgan fingerprint density at radius 2 is 1.95 bits per heavy atom. The van der Waals surface area contributed by atoms with Crippen LogP contribution in [0.15, 0.2) is 12.1 Å². The molecule has 1 amide bonds. The van der Waals surface area contributed by atoms with E-state index in [-0.39, 0.29) is 5.91 Å². The summed E-state index contributed by atoms with van der Waals surface area (Å²) in [7, 11) is 1.81. The number of anilines is 1. The van der Waals surface area contributed by atoms with Gasteiger partial charge in [0.15, 0.2) is 0 Å². The van der Waals surface area contributed by atoms with Crippen LogP contribution in [-0.4, -0.2) is 49.0 Å². The molecule has 0 bridgehead atoms. The van der Waals surface area contributed by atoms with Gasteiger partial charge in [-0.3, -0.25) is 4.79 Å². The maximum atomic E-state index is 12.2. The SMILES string of the molecule is CCc1cc(C(=O)NCCN(CC)CC)cc(NC)n1. The number of aryl methyl sites for hydroxylation is 1. The second-order valence-electron chi connectivity index (χ2n) is 4.62. The third-order valence-electron chi connectivity index (χ3n) is 3.37. The highest BCUT2D eigenvalue weighted by atomic mass is 16.1. The highest BCUT2D eigenvalue weighted by Crippen LogP contribution is 2.10. The van der Waals surface area contributed by atoms with Crippen molar-refractivity contribution < 1.29 is 4.79 Å². The van der Waals surface area contributed by atoms with Crippen LogP contribution in [0.2, 0.25) is 0 Å². The van der Waals surface area contributed by atoms with Crippen LogP contribution in [0.1, 0.15) is 36.8 Å². The largest absolute Gasteiger partial charge is 0.373 e. The molecule has 0 aliphatic heterocycles. The summed E-state index contributed by atoms with van der Waals surface area (Å²) in [6.45, 7) is 9.84. The Bertz CT molecular complexity index is 408. The van der Waals surface area contributed by atoms with Gasteiger partial charge in [-0.15, -0.1) is 0 Å². The van der Waals surface area contributed by atoms with Crippen LogP contribution in [0, 0.1) is 0 Å². The lowest BCUT2D eigenvalue weighted by Gasteiger charge is -2.18. The maximum Gasteiger partial charge on any atom is 0.251 e. The molecule has 5 heteroatoms. The van der Waals surface area contributed by atoms with Crippen molar-refractivity contribution >= 4 is 11.7 Å². The van der Waals surface area contributed by atoms with Gasteiger partial charge in [-0.2, -0.15) is 0 Å². The zero-order valence-electron chi connectivity index (χ0n) is 13.0. The maximum absolute atomic E-state index is 12.2. The van der Waals surface area contributed by atoms with Gasteiger partial charge in [0.2, 0.25) is 0 Å². The van der Waals surface area contributed by atoms with Crippen molar-refractivity contribution in [1.29, 1.82) is 0 Å². The van der Waals surface area contributed by atoms with Gasteiger partial charge in [-0.25, -0.2) is 4.98 Å². The molecule has 0 saturated heterocycles. The molecule has 1 rings (SSSR count). The minimum atomic E-state index is -0.0363.